The molecule has 8 heteroatoms. The maximum atomic E-state index is 13.8. The van der Waals surface area contributed by atoms with Crippen LogP contribution in [0.25, 0.3) is 10.9 Å². The molecule has 0 saturated heterocycles. The molecule has 3 N–H and O–H groups in total. The minimum Gasteiger partial charge on any atom is -0.368 e. The summed E-state index contributed by atoms with van der Waals surface area (Å²) in [6.45, 7) is 3.74. The molecule has 8 nitrogen and oxygen atoms in total. The minimum absolute atomic E-state index is 0.0771. The third-order valence-electron chi connectivity index (χ3n) is 7.26. The molecule has 1 aliphatic rings. The van der Waals surface area contributed by atoms with Crippen molar-refractivity contribution >= 4 is 28.5 Å². The van der Waals surface area contributed by atoms with Gasteiger partial charge in [0.25, 0.3) is 11.5 Å². The van der Waals surface area contributed by atoms with Gasteiger partial charge in [-0.3, -0.25) is 19.2 Å². The largest absolute Gasteiger partial charge is 0.368 e. The van der Waals surface area contributed by atoms with Crippen LogP contribution >= 0.6 is 0 Å². The van der Waals surface area contributed by atoms with Gasteiger partial charge >= 0.3 is 0 Å². The summed E-state index contributed by atoms with van der Waals surface area (Å²) < 4.78 is 3.23. The summed E-state index contributed by atoms with van der Waals surface area (Å²) in [5, 5.41) is 3.33. The summed E-state index contributed by atoms with van der Waals surface area (Å²) in [5.41, 5.74) is 7.16. The number of nitrogens with zero attached hydrogens (tertiary/aromatic N) is 2. The molecule has 1 aromatic carbocycles. The van der Waals surface area contributed by atoms with E-state index in [1.807, 2.05) is 26.0 Å². The van der Waals surface area contributed by atoms with Crippen LogP contribution in [0, 0.1) is 0 Å². The van der Waals surface area contributed by atoms with E-state index in [1.165, 1.54) is 4.57 Å². The fraction of sp³-hybridized carbons (Fsp3) is 0.407. The van der Waals surface area contributed by atoms with Crippen molar-refractivity contribution in [3.63, 3.8) is 0 Å². The summed E-state index contributed by atoms with van der Waals surface area (Å²) in [4.78, 5) is 52.4. The van der Waals surface area contributed by atoms with Gasteiger partial charge in [0.05, 0.1) is 17.4 Å². The number of nitrogens with one attached hydrogen (secondary N) is 1. The Hall–Kier alpha value is -3.68. The van der Waals surface area contributed by atoms with Crippen LogP contribution in [0.3, 0.4) is 0 Å². The Kier molecular flexibility index (Phi) is 6.65. The van der Waals surface area contributed by atoms with Gasteiger partial charge in [-0.2, -0.15) is 0 Å². The molecular weight excluding hydrogens is 444 g/mol. The highest BCUT2D eigenvalue weighted by Crippen LogP contribution is 2.31. The lowest BCUT2D eigenvalue weighted by Gasteiger charge is -2.27. The quantitative estimate of drug-likeness (QED) is 0.486. The predicted molar refractivity (Wildman–Crippen MR) is 135 cm³/mol. The number of ketones is 1. The molecule has 1 fully saturated rings. The van der Waals surface area contributed by atoms with Crippen molar-refractivity contribution in [3.8, 4) is 0 Å². The van der Waals surface area contributed by atoms with Crippen molar-refractivity contribution in [3.05, 3.63) is 69.3 Å². The molecule has 0 radical (unpaired) electrons. The Morgan fingerprint density at radius 3 is 2.29 bits per heavy atom. The van der Waals surface area contributed by atoms with E-state index in [2.05, 4.69) is 5.32 Å². The Balaban J connectivity index is 1.83. The number of Topliss-reactive ketones (excluding diaryl/α,β-unsaturated/α-hetero) is 1. The highest BCUT2D eigenvalue weighted by Gasteiger charge is 2.42. The summed E-state index contributed by atoms with van der Waals surface area (Å²) in [7, 11) is 1.75. The van der Waals surface area contributed by atoms with Crippen molar-refractivity contribution in [2.45, 2.75) is 64.5 Å². The predicted octanol–water partition coefficient (Wildman–Crippen LogP) is 2.88. The van der Waals surface area contributed by atoms with Gasteiger partial charge in [-0.25, -0.2) is 0 Å². The molecule has 0 spiro atoms. The topological polar surface area (TPSA) is 116 Å². The van der Waals surface area contributed by atoms with Gasteiger partial charge in [0.2, 0.25) is 5.91 Å². The second-order valence-corrected chi connectivity index (χ2v) is 9.28. The summed E-state index contributed by atoms with van der Waals surface area (Å²) in [6.07, 6.45) is 3.64. The highest BCUT2D eigenvalue weighted by molar-refractivity contribution is 6.04. The number of carbonyl (C=O) groups excluding carboxylic acids is 3. The lowest BCUT2D eigenvalue weighted by molar-refractivity contribution is -0.123. The van der Waals surface area contributed by atoms with Crippen LogP contribution in [0.4, 0.5) is 0 Å². The molecule has 2 amide bonds. The fourth-order valence-electron chi connectivity index (χ4n) is 5.32. The molecule has 1 saturated carbocycles. The number of pyridine rings is 1. The average Bonchev–Trinajstić information content (AvgIpc) is 3.44. The number of primary amides is 1. The van der Waals surface area contributed by atoms with Gasteiger partial charge in [-0.05, 0) is 37.3 Å². The minimum atomic E-state index is -1.06. The summed E-state index contributed by atoms with van der Waals surface area (Å²) in [5.74, 6) is -1.10. The van der Waals surface area contributed by atoms with E-state index in [0.29, 0.717) is 59.1 Å². The fourth-order valence-corrected chi connectivity index (χ4v) is 5.32. The monoisotopic (exact) mass is 476 g/mol. The maximum Gasteiger partial charge on any atom is 0.269 e. The lowest BCUT2D eigenvalue weighted by Crippen LogP contribution is -2.56. The third-order valence-corrected chi connectivity index (χ3v) is 7.26. The first-order valence-electron chi connectivity index (χ1n) is 12.2. The van der Waals surface area contributed by atoms with Crippen molar-refractivity contribution in [1.29, 1.82) is 0 Å². The Morgan fingerprint density at radius 1 is 1.06 bits per heavy atom. The van der Waals surface area contributed by atoms with Gasteiger partial charge in [-0.15, -0.1) is 0 Å². The molecule has 1 aliphatic carbocycles. The number of rotatable bonds is 8. The number of amides is 2. The first-order chi connectivity index (χ1) is 16.7. The van der Waals surface area contributed by atoms with E-state index in [4.69, 9.17) is 5.73 Å². The van der Waals surface area contributed by atoms with E-state index in [0.717, 1.165) is 12.8 Å². The molecule has 2 heterocycles. The van der Waals surface area contributed by atoms with Crippen molar-refractivity contribution in [1.82, 2.24) is 14.5 Å². The highest BCUT2D eigenvalue weighted by atomic mass is 16.2. The molecule has 4 rings (SSSR count). The molecule has 35 heavy (non-hydrogen) atoms. The molecule has 0 atom stereocenters. The Morgan fingerprint density at radius 2 is 1.71 bits per heavy atom. The Bertz CT molecular complexity index is 1360. The zero-order valence-corrected chi connectivity index (χ0v) is 20.5. The van der Waals surface area contributed by atoms with E-state index in [1.54, 1.807) is 35.9 Å². The van der Waals surface area contributed by atoms with Gasteiger partial charge in [0.1, 0.15) is 11.2 Å². The summed E-state index contributed by atoms with van der Waals surface area (Å²) >= 11 is 0. The van der Waals surface area contributed by atoms with Crippen LogP contribution in [-0.4, -0.2) is 32.3 Å². The van der Waals surface area contributed by atoms with Crippen molar-refractivity contribution < 1.29 is 14.4 Å². The molecule has 3 aromatic rings. The van der Waals surface area contributed by atoms with Crippen LogP contribution in [0.5, 0.6) is 0 Å². The van der Waals surface area contributed by atoms with E-state index < -0.39 is 17.4 Å². The number of fused-ring (bicyclic) bond motifs is 1. The SMILES string of the molecule is CCc1c(C(=O)NC2(C(N)=O)CCCC2)n(C)c2cc(CC)n(CC(=O)c3ccccc3)c(=O)c12. The van der Waals surface area contributed by atoms with Crippen LogP contribution in [0.2, 0.25) is 0 Å². The average molecular weight is 477 g/mol. The number of aromatic nitrogens is 2. The number of hydrogen-bond donors (Lipinski definition) is 2. The number of benzene rings is 1. The third kappa shape index (κ3) is 4.17. The van der Waals surface area contributed by atoms with Crippen LogP contribution in [0.15, 0.2) is 41.2 Å². The Labute approximate surface area is 204 Å². The number of aryl methyl sites for hydroxylation is 3. The van der Waals surface area contributed by atoms with Gasteiger partial charge in [0.15, 0.2) is 5.78 Å². The van der Waals surface area contributed by atoms with Crippen molar-refractivity contribution in [2.75, 3.05) is 0 Å². The molecule has 0 unspecified atom stereocenters. The smallest absolute Gasteiger partial charge is 0.269 e. The number of nitrogens with two attached hydrogens (primary N) is 1. The molecule has 184 valence electrons. The molecular formula is C27H32N4O4. The van der Waals surface area contributed by atoms with Gasteiger partial charge < -0.3 is 20.2 Å². The second kappa shape index (κ2) is 9.52. The standard InChI is InChI=1S/C27H32N4O4/c1-4-18-15-20-22(25(34)31(18)16-21(32)17-11-7-6-8-12-17)19(5-2)23(30(20)3)24(33)29-27(26(28)35)13-9-10-14-27/h6-8,11-12,15H,4-5,9-10,13-14,16H2,1-3H3,(H2,28,35)(H,29,33). The second-order valence-electron chi connectivity index (χ2n) is 9.28. The van der Waals surface area contributed by atoms with Crippen molar-refractivity contribution in [2.24, 2.45) is 12.8 Å². The molecule has 2 aromatic heterocycles. The number of carbonyl (C=O) groups is 3. The van der Waals surface area contributed by atoms with Crippen LogP contribution in [-0.2, 0) is 31.2 Å². The van der Waals surface area contributed by atoms with Gasteiger partial charge in [0, 0.05) is 18.3 Å². The summed E-state index contributed by atoms with van der Waals surface area (Å²) in [6, 6.07) is 10.8. The van der Waals surface area contributed by atoms with Crippen LogP contribution in [0.1, 0.15) is 71.6 Å². The zero-order valence-electron chi connectivity index (χ0n) is 20.5. The van der Waals surface area contributed by atoms with Crippen LogP contribution < -0.4 is 16.6 Å². The zero-order chi connectivity index (χ0) is 25.3. The first-order valence-corrected chi connectivity index (χ1v) is 12.2. The molecule has 0 bridgehead atoms. The number of hydrogen-bond acceptors (Lipinski definition) is 4. The van der Waals surface area contributed by atoms with E-state index in [9.17, 15) is 19.2 Å². The van der Waals surface area contributed by atoms with E-state index in [-0.39, 0.29) is 17.9 Å². The maximum absolute atomic E-state index is 13.8. The van der Waals surface area contributed by atoms with Gasteiger partial charge in [-0.1, -0.05) is 57.0 Å². The normalized spacial score (nSPS) is 14.8. The van der Waals surface area contributed by atoms with E-state index >= 15 is 0 Å². The first kappa shape index (κ1) is 24.4. The lowest BCUT2D eigenvalue weighted by atomic mass is 9.96. The molecule has 0 aliphatic heterocycles.